The van der Waals surface area contributed by atoms with Gasteiger partial charge in [-0.15, -0.1) is 0 Å². The number of hydroxylamine groups is 1. The predicted octanol–water partition coefficient (Wildman–Crippen LogP) is -0.150. The van der Waals surface area contributed by atoms with Crippen molar-refractivity contribution in [2.45, 2.75) is 0 Å². The summed E-state index contributed by atoms with van der Waals surface area (Å²) in [6.07, 6.45) is 0. The van der Waals surface area contributed by atoms with Gasteiger partial charge in [-0.1, -0.05) is 6.07 Å². The van der Waals surface area contributed by atoms with Crippen molar-refractivity contribution in [3.05, 3.63) is 23.8 Å². The Labute approximate surface area is 104 Å². The fourth-order valence-corrected chi connectivity index (χ4v) is 1.29. The second-order valence-electron chi connectivity index (χ2n) is 3.23. The highest BCUT2D eigenvalue weighted by molar-refractivity contribution is 5.97. The van der Waals surface area contributed by atoms with Crippen molar-refractivity contribution >= 4 is 11.8 Å². The Kier molecular flexibility index (Phi) is 4.94. The molecule has 1 aromatic carbocycles. The first kappa shape index (κ1) is 13.8. The number of hydrogen-bond acceptors (Lipinski definition) is 5. The summed E-state index contributed by atoms with van der Waals surface area (Å²) in [4.78, 5) is 26.8. The molecule has 3 N–H and O–H groups in total. The van der Waals surface area contributed by atoms with Gasteiger partial charge in [-0.05, 0) is 12.1 Å². The molecule has 0 aromatic heterocycles. The Bertz CT molecular complexity index is 447. The number of amides is 2. The van der Waals surface area contributed by atoms with Gasteiger partial charge in [0, 0.05) is 0 Å². The molecule has 0 unspecified atom stereocenters. The topological polar surface area (TPSA) is 99.9 Å². The van der Waals surface area contributed by atoms with Crippen LogP contribution in [0.15, 0.2) is 18.2 Å². The lowest BCUT2D eigenvalue weighted by molar-refractivity contribution is -0.124. The zero-order valence-electron chi connectivity index (χ0n) is 10.1. The lowest BCUT2D eigenvalue weighted by atomic mass is 10.2. The van der Waals surface area contributed by atoms with E-state index in [1.807, 2.05) is 0 Å². The Balaban J connectivity index is 2.81. The first-order valence-corrected chi connectivity index (χ1v) is 5.01. The number of benzene rings is 1. The number of hydrogen-bond donors (Lipinski definition) is 2. The SMILES string of the molecule is COc1cccc(C(=O)NOCC(N)=O)c1OC. The average Bonchev–Trinajstić information content (AvgIpc) is 2.36. The van der Waals surface area contributed by atoms with E-state index in [4.69, 9.17) is 15.2 Å². The molecule has 7 nitrogen and oxygen atoms in total. The molecule has 0 spiro atoms. The maximum absolute atomic E-state index is 11.8. The fraction of sp³-hybridized carbons (Fsp3) is 0.273. The minimum Gasteiger partial charge on any atom is -0.493 e. The van der Waals surface area contributed by atoms with Crippen molar-refractivity contribution in [2.75, 3.05) is 20.8 Å². The zero-order chi connectivity index (χ0) is 13.5. The minimum absolute atomic E-state index is 0.223. The molecule has 0 aliphatic rings. The number of rotatable bonds is 6. The molecule has 1 rings (SSSR count). The van der Waals surface area contributed by atoms with Gasteiger partial charge in [-0.2, -0.15) is 0 Å². The van der Waals surface area contributed by atoms with E-state index in [0.717, 1.165) is 0 Å². The molecular weight excluding hydrogens is 240 g/mol. The van der Waals surface area contributed by atoms with Gasteiger partial charge in [-0.3, -0.25) is 14.4 Å². The summed E-state index contributed by atoms with van der Waals surface area (Å²) >= 11 is 0. The Hall–Kier alpha value is -2.28. The van der Waals surface area contributed by atoms with Crippen LogP contribution in [0.5, 0.6) is 11.5 Å². The summed E-state index contributed by atoms with van der Waals surface area (Å²) in [5.41, 5.74) is 7.16. The van der Waals surface area contributed by atoms with Crippen LogP contribution in [-0.4, -0.2) is 32.6 Å². The highest BCUT2D eigenvalue weighted by Crippen LogP contribution is 2.30. The van der Waals surface area contributed by atoms with Crippen molar-refractivity contribution in [1.29, 1.82) is 0 Å². The summed E-state index contributed by atoms with van der Waals surface area (Å²) in [5.74, 6) is -0.555. The largest absolute Gasteiger partial charge is 0.493 e. The van der Waals surface area contributed by atoms with Crippen molar-refractivity contribution in [1.82, 2.24) is 5.48 Å². The lowest BCUT2D eigenvalue weighted by Gasteiger charge is -2.12. The van der Waals surface area contributed by atoms with Gasteiger partial charge in [0.15, 0.2) is 18.1 Å². The molecule has 2 amide bonds. The summed E-state index contributed by atoms with van der Waals surface area (Å²) < 4.78 is 10.1. The number of ether oxygens (including phenoxy) is 2. The molecular formula is C11H14N2O5. The van der Waals surface area contributed by atoms with E-state index in [1.165, 1.54) is 20.3 Å². The van der Waals surface area contributed by atoms with E-state index in [1.54, 1.807) is 12.1 Å². The average molecular weight is 254 g/mol. The predicted molar refractivity (Wildman–Crippen MR) is 62.2 cm³/mol. The Morgan fingerprint density at radius 3 is 2.56 bits per heavy atom. The minimum atomic E-state index is -0.687. The van der Waals surface area contributed by atoms with Crippen molar-refractivity contribution in [2.24, 2.45) is 5.73 Å². The van der Waals surface area contributed by atoms with Gasteiger partial charge in [0.1, 0.15) is 0 Å². The monoisotopic (exact) mass is 254 g/mol. The number of primary amides is 1. The smallest absolute Gasteiger partial charge is 0.278 e. The van der Waals surface area contributed by atoms with Crippen LogP contribution >= 0.6 is 0 Å². The second kappa shape index (κ2) is 6.45. The molecule has 98 valence electrons. The van der Waals surface area contributed by atoms with Gasteiger partial charge in [0.25, 0.3) is 5.91 Å². The normalized spacial score (nSPS) is 9.67. The number of methoxy groups -OCH3 is 2. The van der Waals surface area contributed by atoms with E-state index >= 15 is 0 Å². The van der Waals surface area contributed by atoms with E-state index in [0.29, 0.717) is 5.75 Å². The van der Waals surface area contributed by atoms with Gasteiger partial charge >= 0.3 is 0 Å². The molecule has 7 heteroatoms. The zero-order valence-corrected chi connectivity index (χ0v) is 10.1. The number of para-hydroxylation sites is 1. The standard InChI is InChI=1S/C11H14N2O5/c1-16-8-5-3-4-7(10(8)17-2)11(15)13-18-6-9(12)14/h3-5H,6H2,1-2H3,(H2,12,14)(H,13,15). The molecule has 0 bridgehead atoms. The maximum Gasteiger partial charge on any atom is 0.278 e. The Morgan fingerprint density at radius 1 is 1.28 bits per heavy atom. The van der Waals surface area contributed by atoms with Crippen LogP contribution in [0.1, 0.15) is 10.4 Å². The molecule has 0 radical (unpaired) electrons. The highest BCUT2D eigenvalue weighted by atomic mass is 16.7. The van der Waals surface area contributed by atoms with Crippen molar-refractivity contribution in [3.63, 3.8) is 0 Å². The molecule has 0 saturated heterocycles. The molecule has 0 aliphatic heterocycles. The van der Waals surface area contributed by atoms with Crippen LogP contribution in [0, 0.1) is 0 Å². The van der Waals surface area contributed by atoms with Crippen LogP contribution in [0.25, 0.3) is 0 Å². The molecule has 0 heterocycles. The third kappa shape index (κ3) is 3.36. The number of carbonyl (C=O) groups is 2. The van der Waals surface area contributed by atoms with Crippen LogP contribution in [0.4, 0.5) is 0 Å². The van der Waals surface area contributed by atoms with Crippen molar-refractivity contribution < 1.29 is 23.9 Å². The van der Waals surface area contributed by atoms with Crippen LogP contribution in [0.3, 0.4) is 0 Å². The van der Waals surface area contributed by atoms with E-state index < -0.39 is 18.4 Å². The summed E-state index contributed by atoms with van der Waals surface area (Å²) in [6, 6.07) is 4.81. The van der Waals surface area contributed by atoms with Gasteiger partial charge in [0.2, 0.25) is 5.91 Å². The highest BCUT2D eigenvalue weighted by Gasteiger charge is 2.16. The molecule has 18 heavy (non-hydrogen) atoms. The van der Waals surface area contributed by atoms with Crippen LogP contribution in [-0.2, 0) is 9.63 Å². The van der Waals surface area contributed by atoms with E-state index in [9.17, 15) is 9.59 Å². The molecule has 0 aliphatic carbocycles. The first-order valence-electron chi connectivity index (χ1n) is 5.01. The van der Waals surface area contributed by atoms with Crippen LogP contribution in [0.2, 0.25) is 0 Å². The fourth-order valence-electron chi connectivity index (χ4n) is 1.29. The number of nitrogens with two attached hydrogens (primary N) is 1. The van der Waals surface area contributed by atoms with Crippen molar-refractivity contribution in [3.8, 4) is 11.5 Å². The maximum atomic E-state index is 11.8. The number of nitrogens with one attached hydrogen (secondary N) is 1. The summed E-state index contributed by atoms with van der Waals surface area (Å²) in [5, 5.41) is 0. The molecule has 1 aromatic rings. The molecule has 0 fully saturated rings. The summed E-state index contributed by atoms with van der Waals surface area (Å²) in [6.45, 7) is -0.405. The first-order chi connectivity index (χ1) is 8.60. The number of carbonyl (C=O) groups excluding carboxylic acids is 2. The quantitative estimate of drug-likeness (QED) is 0.688. The lowest BCUT2D eigenvalue weighted by Crippen LogP contribution is -2.29. The van der Waals surface area contributed by atoms with Gasteiger partial charge < -0.3 is 15.2 Å². The molecule has 0 saturated carbocycles. The van der Waals surface area contributed by atoms with Gasteiger partial charge in [-0.25, -0.2) is 5.48 Å². The third-order valence-electron chi connectivity index (χ3n) is 2.03. The van der Waals surface area contributed by atoms with Crippen LogP contribution < -0.4 is 20.7 Å². The molecule has 0 atom stereocenters. The van der Waals surface area contributed by atoms with E-state index in [-0.39, 0.29) is 11.3 Å². The van der Waals surface area contributed by atoms with Gasteiger partial charge in [0.05, 0.1) is 19.8 Å². The summed E-state index contributed by atoms with van der Waals surface area (Å²) in [7, 11) is 2.88. The third-order valence-corrected chi connectivity index (χ3v) is 2.03. The van der Waals surface area contributed by atoms with E-state index in [2.05, 4.69) is 10.3 Å². The second-order valence-corrected chi connectivity index (χ2v) is 3.23. The Morgan fingerprint density at radius 2 is 2.00 bits per heavy atom.